The molecule has 284 valence electrons. The molecule has 5 amide bonds. The Bertz CT molecular complexity index is 1750. The second kappa shape index (κ2) is 20.0. The Morgan fingerprint density at radius 2 is 1.45 bits per heavy atom. The van der Waals surface area contributed by atoms with Crippen LogP contribution in [0.1, 0.15) is 31.2 Å². The van der Waals surface area contributed by atoms with Crippen molar-refractivity contribution < 1.29 is 42.9 Å². The van der Waals surface area contributed by atoms with Gasteiger partial charge in [-0.2, -0.15) is 12.6 Å². The van der Waals surface area contributed by atoms with Crippen LogP contribution < -0.4 is 16.0 Å². The Morgan fingerprint density at radius 3 is 2.13 bits per heavy atom. The van der Waals surface area contributed by atoms with Crippen molar-refractivity contribution in [3.8, 4) is 22.5 Å². The van der Waals surface area contributed by atoms with E-state index >= 15 is 0 Å². The first-order valence-electron chi connectivity index (χ1n) is 17.5. The molecule has 0 aliphatic carbocycles. The number of ether oxygens (including phenoxy) is 4. The fourth-order valence-corrected chi connectivity index (χ4v) is 6.22. The van der Waals surface area contributed by atoms with E-state index in [2.05, 4.69) is 28.3 Å². The molecule has 1 unspecified atom stereocenters. The zero-order valence-electron chi connectivity index (χ0n) is 29.4. The number of hydrogen-bond acceptors (Lipinski definition) is 12. The molecule has 16 nitrogen and oxygen atoms in total. The molecule has 17 heteroatoms. The SMILES string of the molecule is NC(=O)CCOCCOCCOCCOCCn1nnc2c1-c1ccccc1CN(C(=O)CCNC(=O)CCN1C(=O)CC(S)C1=O)c1ccccc1-2. The van der Waals surface area contributed by atoms with Gasteiger partial charge >= 0.3 is 0 Å². The van der Waals surface area contributed by atoms with Gasteiger partial charge in [-0.15, -0.1) is 5.10 Å². The Morgan fingerprint density at radius 1 is 0.811 bits per heavy atom. The number of amides is 5. The molecule has 1 atom stereocenters. The average Bonchev–Trinajstić information content (AvgIpc) is 3.66. The van der Waals surface area contributed by atoms with E-state index in [1.807, 2.05) is 53.2 Å². The van der Waals surface area contributed by atoms with Crippen LogP contribution in [0.15, 0.2) is 48.5 Å². The van der Waals surface area contributed by atoms with E-state index in [0.717, 1.165) is 27.3 Å². The van der Waals surface area contributed by atoms with E-state index in [1.165, 1.54) is 0 Å². The molecule has 2 aliphatic rings. The summed E-state index contributed by atoms with van der Waals surface area (Å²) in [6.07, 6.45) is 0.192. The van der Waals surface area contributed by atoms with Gasteiger partial charge in [0, 0.05) is 49.9 Å². The fourth-order valence-electron chi connectivity index (χ4n) is 5.93. The van der Waals surface area contributed by atoms with Crippen LogP contribution >= 0.6 is 12.6 Å². The molecule has 5 rings (SSSR count). The number of benzene rings is 2. The molecule has 3 heterocycles. The number of thiol groups is 1. The molecule has 2 aromatic carbocycles. The first kappa shape index (κ1) is 39.5. The summed E-state index contributed by atoms with van der Waals surface area (Å²) in [6.45, 7) is 3.84. The van der Waals surface area contributed by atoms with Crippen LogP contribution in [0, 0.1) is 0 Å². The largest absolute Gasteiger partial charge is 0.379 e. The van der Waals surface area contributed by atoms with Gasteiger partial charge in [0.1, 0.15) is 5.69 Å². The van der Waals surface area contributed by atoms with Gasteiger partial charge in [0.05, 0.1) is 82.6 Å². The molecule has 3 aromatic rings. The standard InChI is InChI=1S/C36H45N7O9S/c37-30(44)11-15-49-17-19-51-21-22-52-20-18-50-16-14-43-35-26-6-2-1-5-25(26)24-42(28-8-4-3-7-27(28)34(35)39-40-43)32(46)9-12-38-31(45)10-13-41-33(47)23-29(53)36(41)48/h1-8,29,53H,9-24H2,(H2,37,44)(H,38,45). The number of hydrogen-bond donors (Lipinski definition) is 3. The third-order valence-corrected chi connectivity index (χ3v) is 8.99. The number of carbonyl (C=O) groups excluding carboxylic acids is 5. The average molecular weight is 752 g/mol. The van der Waals surface area contributed by atoms with Gasteiger partial charge in [0.2, 0.25) is 29.5 Å². The Hall–Kier alpha value is -4.68. The number of nitrogens with one attached hydrogen (secondary N) is 1. The first-order valence-corrected chi connectivity index (χ1v) is 18.1. The lowest BCUT2D eigenvalue weighted by molar-refractivity contribution is -0.138. The molecule has 1 fully saturated rings. The van der Waals surface area contributed by atoms with Crippen molar-refractivity contribution in [2.24, 2.45) is 5.73 Å². The van der Waals surface area contributed by atoms with Gasteiger partial charge in [-0.3, -0.25) is 28.9 Å². The number of nitrogens with two attached hydrogens (primary N) is 1. The summed E-state index contributed by atoms with van der Waals surface area (Å²) in [5, 5.41) is 11.1. The lowest BCUT2D eigenvalue weighted by Crippen LogP contribution is -2.37. The van der Waals surface area contributed by atoms with Gasteiger partial charge in [0.15, 0.2) is 0 Å². The normalized spacial score (nSPS) is 15.1. The lowest BCUT2D eigenvalue weighted by Gasteiger charge is -2.28. The highest BCUT2D eigenvalue weighted by Gasteiger charge is 2.36. The number of para-hydroxylation sites is 1. The van der Waals surface area contributed by atoms with E-state index in [9.17, 15) is 24.0 Å². The van der Waals surface area contributed by atoms with Crippen molar-refractivity contribution in [1.82, 2.24) is 25.2 Å². The van der Waals surface area contributed by atoms with Gasteiger partial charge < -0.3 is 34.9 Å². The molecular formula is C36H45N7O9S. The topological polar surface area (TPSA) is 198 Å². The highest BCUT2D eigenvalue weighted by atomic mass is 32.1. The van der Waals surface area contributed by atoms with Gasteiger partial charge in [-0.1, -0.05) is 47.7 Å². The van der Waals surface area contributed by atoms with Crippen molar-refractivity contribution >= 4 is 47.9 Å². The summed E-state index contributed by atoms with van der Waals surface area (Å²) in [4.78, 5) is 63.8. The lowest BCUT2D eigenvalue weighted by atomic mass is 9.95. The van der Waals surface area contributed by atoms with E-state index in [1.54, 1.807) is 4.90 Å². The Kier molecular flexibility index (Phi) is 14.9. The van der Waals surface area contributed by atoms with Gasteiger partial charge in [-0.25, -0.2) is 4.68 Å². The maximum atomic E-state index is 13.8. The molecule has 0 bridgehead atoms. The maximum Gasteiger partial charge on any atom is 0.242 e. The minimum absolute atomic E-state index is 0.0227. The zero-order valence-corrected chi connectivity index (χ0v) is 30.3. The number of carbonyl (C=O) groups is 5. The fraction of sp³-hybridized carbons (Fsp3) is 0.472. The summed E-state index contributed by atoms with van der Waals surface area (Å²) in [6, 6.07) is 15.3. The number of primary amides is 1. The summed E-state index contributed by atoms with van der Waals surface area (Å²) in [7, 11) is 0. The zero-order chi connectivity index (χ0) is 37.6. The highest BCUT2D eigenvalue weighted by Crippen LogP contribution is 2.41. The second-order valence-corrected chi connectivity index (χ2v) is 12.9. The van der Waals surface area contributed by atoms with Crippen LogP contribution in [-0.2, 0) is 56.0 Å². The highest BCUT2D eigenvalue weighted by molar-refractivity contribution is 7.81. The number of rotatable bonds is 21. The number of likely N-dealkylation sites (tertiary alicyclic amines) is 1. The van der Waals surface area contributed by atoms with Crippen molar-refractivity contribution in [3.63, 3.8) is 0 Å². The number of aromatic nitrogens is 3. The number of imide groups is 1. The summed E-state index contributed by atoms with van der Waals surface area (Å²) < 4.78 is 23.9. The summed E-state index contributed by atoms with van der Waals surface area (Å²) >= 11 is 4.11. The molecule has 2 aliphatic heterocycles. The molecule has 53 heavy (non-hydrogen) atoms. The van der Waals surface area contributed by atoms with E-state index in [4.69, 9.17) is 24.7 Å². The van der Waals surface area contributed by atoms with Crippen molar-refractivity contribution in [2.75, 3.05) is 70.8 Å². The van der Waals surface area contributed by atoms with Gasteiger partial charge in [0.25, 0.3) is 0 Å². The molecule has 3 N–H and O–H groups in total. The monoisotopic (exact) mass is 751 g/mol. The van der Waals surface area contributed by atoms with Crippen molar-refractivity contribution in [1.29, 1.82) is 0 Å². The predicted molar refractivity (Wildman–Crippen MR) is 196 cm³/mol. The third-order valence-electron chi connectivity index (χ3n) is 8.59. The Labute approximate surface area is 312 Å². The predicted octanol–water partition coefficient (Wildman–Crippen LogP) is 1.35. The number of fused-ring (bicyclic) bond motifs is 5. The second-order valence-electron chi connectivity index (χ2n) is 12.3. The summed E-state index contributed by atoms with van der Waals surface area (Å²) in [5.74, 6) is -1.69. The van der Waals surface area contributed by atoms with Crippen LogP contribution in [0.2, 0.25) is 0 Å². The quantitative estimate of drug-likeness (QED) is 0.0808. The minimum Gasteiger partial charge on any atom is -0.379 e. The molecule has 0 radical (unpaired) electrons. The van der Waals surface area contributed by atoms with Crippen LogP contribution in [0.3, 0.4) is 0 Å². The van der Waals surface area contributed by atoms with Crippen LogP contribution in [0.4, 0.5) is 5.69 Å². The van der Waals surface area contributed by atoms with E-state index in [0.29, 0.717) is 64.2 Å². The number of nitrogens with zero attached hydrogens (tertiary/aromatic N) is 5. The van der Waals surface area contributed by atoms with Crippen molar-refractivity contribution in [3.05, 3.63) is 54.1 Å². The van der Waals surface area contributed by atoms with Crippen LogP contribution in [-0.4, -0.2) is 121 Å². The molecule has 0 saturated carbocycles. The first-order chi connectivity index (χ1) is 25.7. The van der Waals surface area contributed by atoms with Gasteiger partial charge in [-0.05, 0) is 11.6 Å². The smallest absolute Gasteiger partial charge is 0.242 e. The number of anilines is 1. The molecule has 0 spiro atoms. The third kappa shape index (κ3) is 10.9. The molecule has 1 aromatic heterocycles. The van der Waals surface area contributed by atoms with Crippen LogP contribution in [0.5, 0.6) is 0 Å². The molecule has 1 saturated heterocycles. The minimum atomic E-state index is -0.668. The van der Waals surface area contributed by atoms with Crippen LogP contribution in [0.25, 0.3) is 22.5 Å². The Balaban J connectivity index is 1.13. The maximum absolute atomic E-state index is 13.8. The van der Waals surface area contributed by atoms with E-state index in [-0.39, 0.29) is 69.6 Å². The van der Waals surface area contributed by atoms with E-state index < -0.39 is 17.1 Å². The molecular weight excluding hydrogens is 707 g/mol. The van der Waals surface area contributed by atoms with Crippen molar-refractivity contribution in [2.45, 2.75) is 44.0 Å². The summed E-state index contributed by atoms with van der Waals surface area (Å²) in [5.41, 5.74) is 9.74.